The number of esters is 1. The van der Waals surface area contributed by atoms with Gasteiger partial charge in [-0.05, 0) is 31.2 Å². The molecule has 0 radical (unpaired) electrons. The highest BCUT2D eigenvalue weighted by Crippen LogP contribution is 2.29. The lowest BCUT2D eigenvalue weighted by Crippen LogP contribution is -2.23. The average Bonchev–Trinajstić information content (AvgIpc) is 3.15. The molecule has 0 unspecified atom stereocenters. The van der Waals surface area contributed by atoms with Gasteiger partial charge in [0.05, 0.1) is 21.8 Å². The zero-order valence-corrected chi connectivity index (χ0v) is 20.3. The largest absolute Gasteiger partial charge is 0.465 e. The fourth-order valence-electron chi connectivity index (χ4n) is 3.37. The van der Waals surface area contributed by atoms with Crippen LogP contribution in [0.2, 0.25) is 10.0 Å². The molecule has 9 heteroatoms. The summed E-state index contributed by atoms with van der Waals surface area (Å²) in [5.41, 5.74) is 1.86. The van der Waals surface area contributed by atoms with Crippen LogP contribution < -0.4 is 4.80 Å². The van der Waals surface area contributed by atoms with Gasteiger partial charge in [0, 0.05) is 21.7 Å². The summed E-state index contributed by atoms with van der Waals surface area (Å²) in [6.45, 7) is 1.77. The van der Waals surface area contributed by atoms with Gasteiger partial charge in [0.25, 0.3) is 5.91 Å². The van der Waals surface area contributed by atoms with E-state index >= 15 is 0 Å². The normalized spacial score (nSPS) is 11.6. The average molecular weight is 513 g/mol. The number of halogens is 2. The van der Waals surface area contributed by atoms with Crippen LogP contribution in [-0.4, -0.2) is 28.8 Å². The van der Waals surface area contributed by atoms with Gasteiger partial charge in [0.2, 0.25) is 0 Å². The van der Waals surface area contributed by atoms with Gasteiger partial charge in [0.1, 0.15) is 6.54 Å². The molecule has 0 atom stereocenters. The summed E-state index contributed by atoms with van der Waals surface area (Å²) in [5.74, 6) is -1.14. The molecule has 6 nitrogen and oxygen atoms in total. The number of rotatable bonds is 6. The Hall–Kier alpha value is -3.26. The second kappa shape index (κ2) is 10.3. The van der Waals surface area contributed by atoms with Crippen LogP contribution in [0.3, 0.4) is 0 Å². The first-order chi connectivity index (χ1) is 16.4. The van der Waals surface area contributed by atoms with Crippen LogP contribution in [0.25, 0.3) is 10.2 Å². The number of amides is 1. The molecule has 0 fully saturated rings. The summed E-state index contributed by atoms with van der Waals surface area (Å²) in [6, 6.07) is 18.4. The number of fused-ring (bicyclic) bond motifs is 1. The van der Waals surface area contributed by atoms with Crippen molar-refractivity contribution >= 4 is 62.4 Å². The van der Waals surface area contributed by atoms with Crippen LogP contribution in [0.4, 0.5) is 0 Å². The monoisotopic (exact) mass is 512 g/mol. The predicted molar refractivity (Wildman–Crippen MR) is 133 cm³/mol. The molecule has 1 heterocycles. The lowest BCUT2D eigenvalue weighted by atomic mass is 10.0. The first-order valence-electron chi connectivity index (χ1n) is 10.3. The lowest BCUT2D eigenvalue weighted by molar-refractivity contribution is -0.143. The van der Waals surface area contributed by atoms with Crippen molar-refractivity contribution in [1.82, 2.24) is 4.57 Å². The molecule has 4 rings (SSSR count). The minimum absolute atomic E-state index is 0.139. The maximum Gasteiger partial charge on any atom is 0.326 e. The standard InChI is InChI=1S/C25H18Cl2N2O4S/c1-2-33-21(30)14-29-22-19(27)12-18(26)13-20(22)34-25(29)28-24(32)17-10-8-16(9-11-17)23(31)15-6-4-3-5-7-15/h3-13H,2,14H2,1H3. The number of thiazole rings is 1. The summed E-state index contributed by atoms with van der Waals surface area (Å²) >= 11 is 13.7. The number of ether oxygens (including phenoxy) is 1. The highest BCUT2D eigenvalue weighted by molar-refractivity contribution is 7.16. The second-order valence-electron chi connectivity index (χ2n) is 7.20. The van der Waals surface area contributed by atoms with Gasteiger partial charge >= 0.3 is 5.97 Å². The molecule has 1 aromatic heterocycles. The van der Waals surface area contributed by atoms with Crippen molar-refractivity contribution < 1.29 is 19.1 Å². The van der Waals surface area contributed by atoms with Crippen molar-refractivity contribution in [3.05, 3.63) is 98.3 Å². The molecule has 4 aromatic rings. The van der Waals surface area contributed by atoms with E-state index in [1.165, 1.54) is 11.3 Å². The Kier molecular flexibility index (Phi) is 7.26. The summed E-state index contributed by atoms with van der Waals surface area (Å²) in [4.78, 5) is 42.2. The molecule has 172 valence electrons. The first kappa shape index (κ1) is 23.9. The number of hydrogen-bond acceptors (Lipinski definition) is 5. The quantitative estimate of drug-likeness (QED) is 0.250. The SMILES string of the molecule is CCOC(=O)Cn1c(=NC(=O)c2ccc(C(=O)c3ccccc3)cc2)sc2cc(Cl)cc(Cl)c21. The third kappa shape index (κ3) is 5.12. The van der Waals surface area contributed by atoms with Crippen molar-refractivity contribution in [1.29, 1.82) is 0 Å². The number of nitrogens with zero attached hydrogens (tertiary/aromatic N) is 2. The molecule has 0 spiro atoms. The van der Waals surface area contributed by atoms with Crippen LogP contribution in [0, 0.1) is 0 Å². The molecule has 0 saturated carbocycles. The van der Waals surface area contributed by atoms with E-state index in [2.05, 4.69) is 4.99 Å². The van der Waals surface area contributed by atoms with E-state index in [-0.39, 0.29) is 23.7 Å². The minimum Gasteiger partial charge on any atom is -0.465 e. The van der Waals surface area contributed by atoms with Crippen molar-refractivity contribution in [2.24, 2.45) is 4.99 Å². The Morgan fingerprint density at radius 3 is 2.26 bits per heavy atom. The summed E-state index contributed by atoms with van der Waals surface area (Å²) in [5, 5.41) is 0.763. The van der Waals surface area contributed by atoms with Gasteiger partial charge in [-0.25, -0.2) is 0 Å². The number of carbonyl (C=O) groups is 3. The first-order valence-corrected chi connectivity index (χ1v) is 11.9. The molecule has 0 aliphatic rings. The maximum absolute atomic E-state index is 12.9. The molecular weight excluding hydrogens is 495 g/mol. The Morgan fingerprint density at radius 1 is 0.941 bits per heavy atom. The van der Waals surface area contributed by atoms with Crippen LogP contribution in [0.1, 0.15) is 33.2 Å². The van der Waals surface area contributed by atoms with Gasteiger partial charge in [-0.2, -0.15) is 4.99 Å². The van der Waals surface area contributed by atoms with Gasteiger partial charge in [-0.1, -0.05) is 77.0 Å². The van der Waals surface area contributed by atoms with E-state index in [4.69, 9.17) is 27.9 Å². The number of benzene rings is 3. The maximum atomic E-state index is 12.9. The van der Waals surface area contributed by atoms with Crippen LogP contribution >= 0.6 is 34.5 Å². The van der Waals surface area contributed by atoms with Crippen LogP contribution in [0.15, 0.2) is 71.7 Å². The summed E-state index contributed by atoms with van der Waals surface area (Å²) in [7, 11) is 0. The van der Waals surface area contributed by atoms with Crippen LogP contribution in [-0.2, 0) is 16.1 Å². The van der Waals surface area contributed by atoms with E-state index < -0.39 is 11.9 Å². The zero-order chi connectivity index (χ0) is 24.2. The van der Waals surface area contributed by atoms with Gasteiger partial charge in [0.15, 0.2) is 10.6 Å². The highest BCUT2D eigenvalue weighted by Gasteiger charge is 2.16. The molecule has 0 aliphatic heterocycles. The number of aromatic nitrogens is 1. The minimum atomic E-state index is -0.523. The molecule has 0 aliphatic carbocycles. The van der Waals surface area contributed by atoms with Gasteiger partial charge in [-0.3, -0.25) is 14.4 Å². The fraction of sp³-hybridized carbons (Fsp3) is 0.120. The van der Waals surface area contributed by atoms with Crippen molar-refractivity contribution in [3.63, 3.8) is 0 Å². The molecule has 0 bridgehead atoms. The topological polar surface area (TPSA) is 77.7 Å². The molecule has 34 heavy (non-hydrogen) atoms. The van der Waals surface area contributed by atoms with Crippen molar-refractivity contribution in [2.75, 3.05) is 6.61 Å². The Morgan fingerprint density at radius 2 is 1.59 bits per heavy atom. The third-order valence-electron chi connectivity index (χ3n) is 4.92. The lowest BCUT2D eigenvalue weighted by Gasteiger charge is -2.06. The van der Waals surface area contributed by atoms with E-state index in [9.17, 15) is 14.4 Å². The van der Waals surface area contributed by atoms with E-state index in [1.54, 1.807) is 72.2 Å². The third-order valence-corrected chi connectivity index (χ3v) is 6.45. The van der Waals surface area contributed by atoms with Crippen molar-refractivity contribution in [2.45, 2.75) is 13.5 Å². The number of hydrogen-bond donors (Lipinski definition) is 0. The number of ketones is 1. The van der Waals surface area contributed by atoms with Crippen molar-refractivity contribution in [3.8, 4) is 0 Å². The molecule has 3 aromatic carbocycles. The van der Waals surface area contributed by atoms with E-state index in [1.807, 2.05) is 6.07 Å². The van der Waals surface area contributed by atoms with E-state index in [0.717, 1.165) is 0 Å². The molecular formula is C25H18Cl2N2O4S. The fourth-order valence-corrected chi connectivity index (χ4v) is 5.18. The second-order valence-corrected chi connectivity index (χ2v) is 9.05. The zero-order valence-electron chi connectivity index (χ0n) is 18.0. The molecule has 0 saturated heterocycles. The smallest absolute Gasteiger partial charge is 0.326 e. The molecule has 1 amide bonds. The Labute approximate surface area is 209 Å². The number of carbonyl (C=O) groups excluding carboxylic acids is 3. The predicted octanol–water partition coefficient (Wildman–Crippen LogP) is 5.54. The summed E-state index contributed by atoms with van der Waals surface area (Å²) < 4.78 is 7.28. The van der Waals surface area contributed by atoms with Crippen LogP contribution in [0.5, 0.6) is 0 Å². The highest BCUT2D eigenvalue weighted by atomic mass is 35.5. The Balaban J connectivity index is 1.70. The van der Waals surface area contributed by atoms with Gasteiger partial charge < -0.3 is 9.30 Å². The summed E-state index contributed by atoms with van der Waals surface area (Å²) in [6.07, 6.45) is 0. The van der Waals surface area contributed by atoms with Gasteiger partial charge in [-0.15, -0.1) is 0 Å². The Bertz CT molecular complexity index is 1460. The van der Waals surface area contributed by atoms with E-state index in [0.29, 0.717) is 37.0 Å². The molecule has 0 N–H and O–H groups in total.